The zero-order chi connectivity index (χ0) is 39.5. The molecule has 1 saturated carbocycles. The molecule has 1 aromatic heterocycles. The number of carbonyl (C=O) groups is 2. The molecule has 10 nitrogen and oxygen atoms in total. The highest BCUT2D eigenvalue weighted by atomic mass is 32.2. The second-order valence-corrected chi connectivity index (χ2v) is 17.4. The van der Waals surface area contributed by atoms with Crippen LogP contribution in [0.3, 0.4) is 0 Å². The summed E-state index contributed by atoms with van der Waals surface area (Å²) < 4.78 is 64.8. The summed E-state index contributed by atoms with van der Waals surface area (Å²) in [7, 11) is 0. The van der Waals surface area contributed by atoms with E-state index >= 15 is 0 Å². The third-order valence-corrected chi connectivity index (χ3v) is 10.4. The van der Waals surface area contributed by atoms with Gasteiger partial charge in [-0.05, 0) is 113 Å². The van der Waals surface area contributed by atoms with Gasteiger partial charge < -0.3 is 19.9 Å². The van der Waals surface area contributed by atoms with Crippen molar-refractivity contribution in [3.63, 3.8) is 0 Å². The molecule has 1 fully saturated rings. The van der Waals surface area contributed by atoms with Crippen molar-refractivity contribution < 1.29 is 32.0 Å². The van der Waals surface area contributed by atoms with E-state index in [4.69, 9.17) is 4.74 Å². The second kappa shape index (κ2) is 15.9. The molecule has 2 amide bonds. The molecule has 4 aromatic rings. The van der Waals surface area contributed by atoms with Crippen molar-refractivity contribution in [2.45, 2.75) is 95.8 Å². The maximum Gasteiger partial charge on any atom is 0.435 e. The first-order valence-electron chi connectivity index (χ1n) is 17.6. The molecule has 2 unspecified atom stereocenters. The molecule has 3 N–H and O–H groups in total. The Labute approximate surface area is 316 Å². The monoisotopic (exact) mass is 762 g/mol. The second-order valence-electron chi connectivity index (χ2n) is 15.4. The van der Waals surface area contributed by atoms with Crippen LogP contribution in [-0.4, -0.2) is 36.7 Å². The smallest absolute Gasteiger partial charge is 0.435 e. The van der Waals surface area contributed by atoms with Crippen molar-refractivity contribution >= 4 is 29.0 Å². The van der Waals surface area contributed by atoms with Gasteiger partial charge in [-0.25, -0.2) is 9.48 Å². The average molecular weight is 763 g/mol. The van der Waals surface area contributed by atoms with Crippen LogP contribution in [0.2, 0.25) is 0 Å². The number of halogens is 3. The summed E-state index contributed by atoms with van der Waals surface area (Å²) >= 11 is -1.57. The Balaban J connectivity index is 1.51. The average Bonchev–Trinajstić information content (AvgIpc) is 3.81. The van der Waals surface area contributed by atoms with E-state index in [9.17, 15) is 32.6 Å². The third-order valence-electron chi connectivity index (χ3n) is 8.77. The van der Waals surface area contributed by atoms with Crippen LogP contribution in [0.15, 0.2) is 78.9 Å². The number of amides is 2. The van der Waals surface area contributed by atoms with Crippen LogP contribution in [0, 0.1) is 17.2 Å². The van der Waals surface area contributed by atoms with Crippen LogP contribution in [0.1, 0.15) is 106 Å². The van der Waals surface area contributed by atoms with Crippen LogP contribution in [0.4, 0.5) is 23.7 Å². The summed E-state index contributed by atoms with van der Waals surface area (Å²) in [5, 5.41) is 18.9. The van der Waals surface area contributed by atoms with E-state index in [1.54, 1.807) is 69.3 Å². The predicted octanol–water partition coefficient (Wildman–Crippen LogP) is 8.53. The minimum atomic E-state index is -4.84. The maximum absolute atomic E-state index is 14.0. The summed E-state index contributed by atoms with van der Waals surface area (Å²) in [6, 6.07) is 23.1. The number of benzene rings is 3. The number of rotatable bonds is 12. The first kappa shape index (κ1) is 40.3. The first-order chi connectivity index (χ1) is 25.3. The fourth-order valence-corrected chi connectivity index (χ4v) is 6.80. The fraction of sp³-hybridized carbons (Fsp3) is 0.400. The number of nitriles is 1. The van der Waals surface area contributed by atoms with Gasteiger partial charge in [-0.3, -0.25) is 4.79 Å². The number of alkyl carbamates (subject to hydrolysis) is 1. The number of anilines is 1. The van der Waals surface area contributed by atoms with Gasteiger partial charge in [0.15, 0.2) is 5.69 Å². The normalized spacial score (nSPS) is 15.1. The van der Waals surface area contributed by atoms with Gasteiger partial charge in [0.1, 0.15) is 21.6 Å². The molecule has 1 heterocycles. The van der Waals surface area contributed by atoms with Crippen molar-refractivity contribution in [3.8, 4) is 11.8 Å². The molecule has 5 rings (SSSR count). The SMILES string of the molecule is CC(C)(C)OC(=O)NCc1cccc(-n2nc(C(F)(F)F)cc2C(=O)Nc2cccc(C(CCC3CC3)(N[S+]([O-])C(C)(C)C)c3cccc(C#N)c3)c2)c1. The van der Waals surface area contributed by atoms with E-state index in [1.807, 2.05) is 32.9 Å². The molecule has 2 atom stereocenters. The number of alkyl halides is 3. The highest BCUT2D eigenvalue weighted by molar-refractivity contribution is 7.90. The Morgan fingerprint density at radius 2 is 1.63 bits per heavy atom. The van der Waals surface area contributed by atoms with Gasteiger partial charge in [-0.15, -0.1) is 4.72 Å². The lowest BCUT2D eigenvalue weighted by atomic mass is 9.79. The molecule has 14 heteroatoms. The summed E-state index contributed by atoms with van der Waals surface area (Å²) in [6.07, 6.45) is -1.99. The lowest BCUT2D eigenvalue weighted by Gasteiger charge is -2.39. The van der Waals surface area contributed by atoms with E-state index in [2.05, 4.69) is 26.5 Å². The number of hydrogen-bond donors (Lipinski definition) is 3. The lowest BCUT2D eigenvalue weighted by molar-refractivity contribution is -0.141. The van der Waals surface area contributed by atoms with Crippen molar-refractivity contribution in [1.29, 1.82) is 5.26 Å². The Hall–Kier alpha value is -4.84. The van der Waals surface area contributed by atoms with Crippen LogP contribution in [-0.2, 0) is 34.4 Å². The van der Waals surface area contributed by atoms with Gasteiger partial charge in [0, 0.05) is 29.7 Å². The standard InChI is InChI=1S/C40H45F3N6O4S/c1-37(2,3)53-36(51)45-25-28-11-8-15-32(21-28)49-33(23-34(47-49)40(41,42)43)35(50)46-31-14-9-13-30(22-31)39(19-18-26-16-17-26,48-54(52)38(4,5)6)29-12-7-10-27(20-29)24-44/h7-15,20-23,26,48H,16-19,25H2,1-6H3,(H,45,51)(H,46,50). The summed E-state index contributed by atoms with van der Waals surface area (Å²) in [5.74, 6) is -0.347. The van der Waals surface area contributed by atoms with Crippen molar-refractivity contribution in [3.05, 3.63) is 113 Å². The molecule has 0 saturated heterocycles. The van der Waals surface area contributed by atoms with E-state index < -0.39 is 51.1 Å². The molecule has 1 aliphatic rings. The molecule has 0 aliphatic heterocycles. The number of nitrogens with one attached hydrogen (secondary N) is 3. The summed E-state index contributed by atoms with van der Waals surface area (Å²) in [5.41, 5.74) is -0.628. The number of aromatic nitrogens is 2. The minimum Gasteiger partial charge on any atom is -0.598 e. The first-order valence-corrected chi connectivity index (χ1v) is 18.8. The molecular formula is C40H45F3N6O4S. The Morgan fingerprint density at radius 3 is 2.26 bits per heavy atom. The Kier molecular flexibility index (Phi) is 11.9. The van der Waals surface area contributed by atoms with Gasteiger partial charge in [0.25, 0.3) is 5.91 Å². The fourth-order valence-electron chi connectivity index (χ4n) is 5.84. The molecule has 0 radical (unpaired) electrons. The summed E-state index contributed by atoms with van der Waals surface area (Å²) in [4.78, 5) is 26.1. The highest BCUT2D eigenvalue weighted by Crippen LogP contribution is 2.43. The van der Waals surface area contributed by atoms with E-state index in [0.717, 1.165) is 29.5 Å². The molecule has 286 valence electrons. The zero-order valence-electron chi connectivity index (χ0n) is 31.1. The predicted molar refractivity (Wildman–Crippen MR) is 201 cm³/mol. The van der Waals surface area contributed by atoms with Gasteiger partial charge >= 0.3 is 12.3 Å². The molecule has 3 aromatic carbocycles. The largest absolute Gasteiger partial charge is 0.598 e. The zero-order valence-corrected chi connectivity index (χ0v) is 32.0. The van der Waals surface area contributed by atoms with Crippen LogP contribution >= 0.6 is 0 Å². The van der Waals surface area contributed by atoms with Crippen molar-refractivity contribution in [1.82, 2.24) is 19.8 Å². The van der Waals surface area contributed by atoms with Gasteiger partial charge in [-0.2, -0.15) is 23.5 Å². The molecule has 1 aliphatic carbocycles. The number of carbonyl (C=O) groups excluding carboxylic acids is 2. The molecular weight excluding hydrogens is 718 g/mol. The van der Waals surface area contributed by atoms with Gasteiger partial charge in [-0.1, -0.05) is 49.2 Å². The maximum atomic E-state index is 14.0. The molecule has 0 bridgehead atoms. The van der Waals surface area contributed by atoms with Crippen LogP contribution in [0.25, 0.3) is 5.69 Å². The minimum absolute atomic E-state index is 0.0122. The summed E-state index contributed by atoms with van der Waals surface area (Å²) in [6.45, 7) is 10.7. The van der Waals surface area contributed by atoms with Crippen molar-refractivity contribution in [2.75, 3.05) is 5.32 Å². The highest BCUT2D eigenvalue weighted by Gasteiger charge is 2.43. The molecule has 0 spiro atoms. The number of hydrogen-bond acceptors (Lipinski definition) is 7. The Bertz CT molecular complexity index is 2030. The van der Waals surface area contributed by atoms with Gasteiger partial charge in [0.05, 0.1) is 17.3 Å². The lowest BCUT2D eigenvalue weighted by Crippen LogP contribution is -2.52. The number of ether oxygens (including phenoxy) is 1. The van der Waals surface area contributed by atoms with Crippen LogP contribution < -0.4 is 15.4 Å². The van der Waals surface area contributed by atoms with Crippen molar-refractivity contribution in [2.24, 2.45) is 5.92 Å². The molecule has 54 heavy (non-hydrogen) atoms. The van der Waals surface area contributed by atoms with E-state index in [-0.39, 0.29) is 23.6 Å². The number of nitrogens with zero attached hydrogens (tertiary/aromatic N) is 3. The van der Waals surface area contributed by atoms with Gasteiger partial charge in [0.2, 0.25) is 0 Å². The third kappa shape index (κ3) is 10.2. The topological polar surface area (TPSA) is 144 Å². The Morgan fingerprint density at radius 1 is 0.963 bits per heavy atom. The van der Waals surface area contributed by atoms with E-state index in [0.29, 0.717) is 35.1 Å². The van der Waals surface area contributed by atoms with E-state index in [1.165, 1.54) is 12.1 Å². The van der Waals surface area contributed by atoms with Crippen LogP contribution in [0.5, 0.6) is 0 Å². The quantitative estimate of drug-likeness (QED) is 0.123.